The number of anilines is 1. The van der Waals surface area contributed by atoms with Gasteiger partial charge in [-0.3, -0.25) is 4.68 Å². The second kappa shape index (κ2) is 4.78. The van der Waals surface area contributed by atoms with Crippen LogP contribution in [0.15, 0.2) is 6.33 Å². The fourth-order valence-electron chi connectivity index (χ4n) is 0.461. The van der Waals surface area contributed by atoms with Crippen LogP contribution in [0.1, 0.15) is 20.8 Å². The average Bonchev–Trinajstić information content (AvgIpc) is 2.40. The summed E-state index contributed by atoms with van der Waals surface area (Å²) in [5.74, 6) is 0.340. The quantitative estimate of drug-likeness (QED) is 0.634. The molecule has 0 fully saturated rings. The van der Waals surface area contributed by atoms with Crippen LogP contribution in [0.2, 0.25) is 0 Å². The molecule has 1 heterocycles. The van der Waals surface area contributed by atoms with Crippen LogP contribution in [-0.4, -0.2) is 14.8 Å². The third-order valence-corrected chi connectivity index (χ3v) is 0.878. The fourth-order valence-corrected chi connectivity index (χ4v) is 0.461. The molecule has 1 aromatic rings. The molecule has 4 heteroatoms. The summed E-state index contributed by atoms with van der Waals surface area (Å²) in [5.41, 5.74) is 5.21. The van der Waals surface area contributed by atoms with Crippen LogP contribution >= 0.6 is 0 Å². The molecule has 10 heavy (non-hydrogen) atoms. The van der Waals surface area contributed by atoms with Gasteiger partial charge < -0.3 is 5.73 Å². The molecular formula is C6H14N4. The van der Waals surface area contributed by atoms with E-state index in [1.54, 1.807) is 11.0 Å². The van der Waals surface area contributed by atoms with E-state index in [2.05, 4.69) is 10.1 Å². The zero-order valence-electron chi connectivity index (χ0n) is 6.70. The molecule has 0 unspecified atom stereocenters. The normalized spacial score (nSPS) is 8.30. The minimum Gasteiger partial charge on any atom is -0.367 e. The molecule has 0 aromatic carbocycles. The summed E-state index contributed by atoms with van der Waals surface area (Å²) in [7, 11) is 0. The van der Waals surface area contributed by atoms with Gasteiger partial charge in [0.25, 0.3) is 0 Å². The highest BCUT2D eigenvalue weighted by molar-refractivity contribution is 5.08. The number of rotatable bonds is 1. The summed E-state index contributed by atoms with van der Waals surface area (Å²) in [6.45, 7) is 6.80. The SMILES string of the molecule is CC.CCn1cnc(N)n1. The third kappa shape index (κ3) is 2.48. The van der Waals surface area contributed by atoms with Gasteiger partial charge in [-0.05, 0) is 6.92 Å². The summed E-state index contributed by atoms with van der Waals surface area (Å²) in [6, 6.07) is 0. The second-order valence-electron chi connectivity index (χ2n) is 1.46. The third-order valence-electron chi connectivity index (χ3n) is 0.878. The summed E-state index contributed by atoms with van der Waals surface area (Å²) in [6.07, 6.45) is 1.61. The number of nitrogens with zero attached hydrogens (tertiary/aromatic N) is 3. The molecule has 0 spiro atoms. The van der Waals surface area contributed by atoms with Crippen LogP contribution in [0.4, 0.5) is 5.95 Å². The Morgan fingerprint density at radius 3 is 2.40 bits per heavy atom. The molecule has 0 aliphatic heterocycles. The Kier molecular flexibility index (Phi) is 4.28. The molecule has 58 valence electrons. The standard InChI is InChI=1S/C4H8N4.C2H6/c1-2-8-3-6-4(5)7-8;1-2/h3H,2H2,1H3,(H2,5,7);1-2H3. The van der Waals surface area contributed by atoms with Gasteiger partial charge in [-0.25, -0.2) is 4.98 Å². The zero-order chi connectivity index (χ0) is 7.98. The van der Waals surface area contributed by atoms with E-state index in [9.17, 15) is 0 Å². The van der Waals surface area contributed by atoms with Crippen LogP contribution in [0, 0.1) is 0 Å². The number of nitrogens with two attached hydrogens (primary N) is 1. The van der Waals surface area contributed by atoms with Crippen LogP contribution < -0.4 is 5.73 Å². The van der Waals surface area contributed by atoms with Crippen LogP contribution in [-0.2, 0) is 6.54 Å². The molecule has 4 nitrogen and oxygen atoms in total. The summed E-state index contributed by atoms with van der Waals surface area (Å²) in [4.78, 5) is 3.72. The van der Waals surface area contributed by atoms with Gasteiger partial charge in [0.1, 0.15) is 6.33 Å². The molecule has 0 amide bonds. The molecular weight excluding hydrogens is 128 g/mol. The molecule has 0 bridgehead atoms. The summed E-state index contributed by atoms with van der Waals surface area (Å²) < 4.78 is 1.68. The lowest BCUT2D eigenvalue weighted by Crippen LogP contribution is -1.95. The van der Waals surface area contributed by atoms with E-state index in [-0.39, 0.29) is 0 Å². The molecule has 0 saturated heterocycles. The van der Waals surface area contributed by atoms with Gasteiger partial charge in [0.2, 0.25) is 5.95 Å². The van der Waals surface area contributed by atoms with Crippen molar-refractivity contribution in [2.75, 3.05) is 5.73 Å². The number of hydrogen-bond acceptors (Lipinski definition) is 3. The van der Waals surface area contributed by atoms with Crippen molar-refractivity contribution in [2.45, 2.75) is 27.3 Å². The minimum absolute atomic E-state index is 0.340. The van der Waals surface area contributed by atoms with E-state index in [0.717, 1.165) is 6.54 Å². The number of nitrogen functional groups attached to an aromatic ring is 1. The van der Waals surface area contributed by atoms with E-state index < -0.39 is 0 Å². The smallest absolute Gasteiger partial charge is 0.239 e. The predicted octanol–water partition coefficient (Wildman–Crippen LogP) is 0.906. The van der Waals surface area contributed by atoms with Gasteiger partial charge in [0, 0.05) is 6.54 Å². The molecule has 1 rings (SSSR count). The molecule has 1 aromatic heterocycles. The lowest BCUT2D eigenvalue weighted by Gasteiger charge is -1.86. The van der Waals surface area contributed by atoms with Gasteiger partial charge in [-0.2, -0.15) is 0 Å². The highest BCUT2D eigenvalue weighted by Gasteiger charge is 1.88. The summed E-state index contributed by atoms with van der Waals surface area (Å²) >= 11 is 0. The highest BCUT2D eigenvalue weighted by Crippen LogP contribution is 1.86. The van der Waals surface area contributed by atoms with E-state index in [4.69, 9.17) is 5.73 Å². The van der Waals surface area contributed by atoms with E-state index in [0.29, 0.717) is 5.95 Å². The van der Waals surface area contributed by atoms with Crippen molar-refractivity contribution < 1.29 is 0 Å². The number of hydrogen-bond donors (Lipinski definition) is 1. The fraction of sp³-hybridized carbons (Fsp3) is 0.667. The average molecular weight is 142 g/mol. The highest BCUT2D eigenvalue weighted by atomic mass is 15.3. The first-order valence-electron chi connectivity index (χ1n) is 3.48. The van der Waals surface area contributed by atoms with Gasteiger partial charge >= 0.3 is 0 Å². The van der Waals surface area contributed by atoms with Gasteiger partial charge in [-0.1, -0.05) is 13.8 Å². The number of aryl methyl sites for hydroxylation is 1. The molecule has 2 N–H and O–H groups in total. The molecule has 0 saturated carbocycles. The lowest BCUT2D eigenvalue weighted by atomic mass is 10.8. The zero-order valence-corrected chi connectivity index (χ0v) is 6.70. The lowest BCUT2D eigenvalue weighted by molar-refractivity contribution is 0.660. The first-order chi connectivity index (χ1) is 4.83. The van der Waals surface area contributed by atoms with Crippen molar-refractivity contribution in [3.8, 4) is 0 Å². The Labute approximate surface area is 61.1 Å². The van der Waals surface area contributed by atoms with Gasteiger partial charge in [0.15, 0.2) is 0 Å². The van der Waals surface area contributed by atoms with Crippen LogP contribution in [0.25, 0.3) is 0 Å². The van der Waals surface area contributed by atoms with Crippen molar-refractivity contribution in [3.05, 3.63) is 6.33 Å². The molecule has 0 aliphatic rings. The predicted molar refractivity (Wildman–Crippen MR) is 41.5 cm³/mol. The number of aromatic nitrogens is 3. The van der Waals surface area contributed by atoms with Gasteiger partial charge in [-0.15, -0.1) is 5.10 Å². The maximum absolute atomic E-state index is 5.21. The van der Waals surface area contributed by atoms with Crippen LogP contribution in [0.3, 0.4) is 0 Å². The maximum Gasteiger partial charge on any atom is 0.239 e. The van der Waals surface area contributed by atoms with E-state index >= 15 is 0 Å². The first-order valence-corrected chi connectivity index (χ1v) is 3.48. The van der Waals surface area contributed by atoms with Crippen molar-refractivity contribution in [2.24, 2.45) is 0 Å². The first kappa shape index (κ1) is 8.94. The molecule has 0 aliphatic carbocycles. The van der Waals surface area contributed by atoms with Crippen molar-refractivity contribution >= 4 is 5.95 Å². The maximum atomic E-state index is 5.21. The Bertz CT molecular complexity index is 170. The van der Waals surface area contributed by atoms with Crippen LogP contribution in [0.5, 0.6) is 0 Å². The second-order valence-corrected chi connectivity index (χ2v) is 1.46. The Morgan fingerprint density at radius 1 is 1.60 bits per heavy atom. The largest absolute Gasteiger partial charge is 0.367 e. The van der Waals surface area contributed by atoms with E-state index in [1.807, 2.05) is 20.8 Å². The van der Waals surface area contributed by atoms with Crippen molar-refractivity contribution in [1.82, 2.24) is 14.8 Å². The topological polar surface area (TPSA) is 56.7 Å². The minimum atomic E-state index is 0.340. The van der Waals surface area contributed by atoms with Crippen molar-refractivity contribution in [1.29, 1.82) is 0 Å². The molecule has 0 radical (unpaired) electrons. The van der Waals surface area contributed by atoms with E-state index in [1.165, 1.54) is 0 Å². The Balaban J connectivity index is 0.000000371. The van der Waals surface area contributed by atoms with Gasteiger partial charge in [0.05, 0.1) is 0 Å². The summed E-state index contributed by atoms with van der Waals surface area (Å²) in [5, 5.41) is 3.81. The Morgan fingerprint density at radius 2 is 2.20 bits per heavy atom. The Hall–Kier alpha value is -1.06. The van der Waals surface area contributed by atoms with Crippen molar-refractivity contribution in [3.63, 3.8) is 0 Å². The molecule has 0 atom stereocenters. The monoisotopic (exact) mass is 142 g/mol.